The van der Waals surface area contributed by atoms with E-state index in [4.69, 9.17) is 4.98 Å². The van der Waals surface area contributed by atoms with E-state index < -0.39 is 0 Å². The first-order chi connectivity index (χ1) is 15.7. The summed E-state index contributed by atoms with van der Waals surface area (Å²) in [5.74, 6) is 1.48. The van der Waals surface area contributed by atoms with E-state index in [1.54, 1.807) is 0 Å². The highest BCUT2D eigenvalue weighted by molar-refractivity contribution is 6.24. The average Bonchev–Trinajstić information content (AvgIpc) is 3.26. The Bertz CT molecular complexity index is 1570. The van der Waals surface area contributed by atoms with Gasteiger partial charge in [-0.15, -0.1) is 0 Å². The number of rotatable bonds is 3. The second-order valence-corrected chi connectivity index (χ2v) is 8.67. The smallest absolute Gasteiger partial charge is 0.145 e. The average molecular weight is 413 g/mol. The van der Waals surface area contributed by atoms with E-state index in [1.165, 1.54) is 27.1 Å². The summed E-state index contributed by atoms with van der Waals surface area (Å²) in [5, 5.41) is 4.92. The van der Waals surface area contributed by atoms with Crippen molar-refractivity contribution in [2.45, 2.75) is 19.8 Å². The lowest BCUT2D eigenvalue weighted by atomic mass is 10.00. The molecule has 0 aliphatic rings. The van der Waals surface area contributed by atoms with Gasteiger partial charge >= 0.3 is 0 Å². The van der Waals surface area contributed by atoms with E-state index in [1.807, 2.05) is 0 Å². The molecule has 6 rings (SSSR count). The lowest BCUT2D eigenvalue weighted by molar-refractivity contribution is 0.867. The van der Waals surface area contributed by atoms with Crippen LogP contribution in [0.2, 0.25) is 0 Å². The Morgan fingerprint density at radius 2 is 1.16 bits per heavy atom. The lowest BCUT2D eigenvalue weighted by Gasteiger charge is -2.13. The van der Waals surface area contributed by atoms with Gasteiger partial charge in [0.2, 0.25) is 0 Å². The molecule has 32 heavy (non-hydrogen) atoms. The summed E-state index contributed by atoms with van der Waals surface area (Å²) in [6.07, 6.45) is 0. The van der Waals surface area contributed by atoms with E-state index in [9.17, 15) is 0 Å². The highest BCUT2D eigenvalue weighted by atomic mass is 15.1. The molecule has 154 valence electrons. The van der Waals surface area contributed by atoms with E-state index in [0.29, 0.717) is 5.92 Å². The Labute approximate surface area is 187 Å². The molecular weight excluding hydrogens is 388 g/mol. The van der Waals surface area contributed by atoms with Gasteiger partial charge in [0.05, 0.1) is 11.0 Å². The van der Waals surface area contributed by atoms with Gasteiger partial charge in [-0.1, -0.05) is 105 Å². The third kappa shape index (κ3) is 2.84. The van der Waals surface area contributed by atoms with Crippen LogP contribution in [-0.2, 0) is 0 Å². The summed E-state index contributed by atoms with van der Waals surface area (Å²) < 4.78 is 2.33. The van der Waals surface area contributed by atoms with Crippen LogP contribution in [0.15, 0.2) is 103 Å². The summed E-state index contributed by atoms with van der Waals surface area (Å²) in [5.41, 5.74) is 5.80. The second-order valence-electron chi connectivity index (χ2n) is 8.67. The van der Waals surface area contributed by atoms with Crippen molar-refractivity contribution in [1.82, 2.24) is 9.55 Å². The number of hydrogen-bond donors (Lipinski definition) is 0. The zero-order valence-electron chi connectivity index (χ0n) is 18.3. The van der Waals surface area contributed by atoms with Crippen LogP contribution in [-0.4, -0.2) is 9.55 Å². The zero-order valence-corrected chi connectivity index (χ0v) is 18.3. The molecule has 1 aromatic heterocycles. The number of hydrogen-bond acceptors (Lipinski definition) is 1. The molecule has 2 heteroatoms. The fourth-order valence-electron chi connectivity index (χ4n) is 4.74. The van der Waals surface area contributed by atoms with Crippen LogP contribution >= 0.6 is 0 Å². The number of aromatic nitrogens is 2. The molecule has 0 saturated carbocycles. The van der Waals surface area contributed by atoms with Crippen LogP contribution in [0.3, 0.4) is 0 Å². The SMILES string of the molecule is CC(C)c1ccc(-c2nc3c4ccccc4c4ccccc4c3n2-c2ccccc2)cc1. The molecule has 0 fully saturated rings. The topological polar surface area (TPSA) is 17.8 Å². The molecule has 2 nitrogen and oxygen atoms in total. The third-order valence-corrected chi connectivity index (χ3v) is 6.38. The predicted octanol–water partition coefficient (Wildman–Crippen LogP) is 8.12. The van der Waals surface area contributed by atoms with Gasteiger partial charge in [0.1, 0.15) is 5.82 Å². The Morgan fingerprint density at radius 3 is 1.81 bits per heavy atom. The molecule has 0 radical (unpaired) electrons. The molecule has 6 aromatic rings. The van der Waals surface area contributed by atoms with E-state index >= 15 is 0 Å². The van der Waals surface area contributed by atoms with Crippen molar-refractivity contribution in [3.63, 3.8) is 0 Å². The maximum atomic E-state index is 5.28. The molecule has 0 amide bonds. The van der Waals surface area contributed by atoms with E-state index in [0.717, 1.165) is 28.1 Å². The monoisotopic (exact) mass is 412 g/mol. The molecule has 1 heterocycles. The van der Waals surface area contributed by atoms with Gasteiger partial charge in [-0.05, 0) is 34.4 Å². The Balaban J connectivity index is 1.79. The third-order valence-electron chi connectivity index (χ3n) is 6.38. The maximum absolute atomic E-state index is 5.28. The summed E-state index contributed by atoms with van der Waals surface area (Å²) in [4.78, 5) is 5.28. The predicted molar refractivity (Wildman–Crippen MR) is 136 cm³/mol. The van der Waals surface area contributed by atoms with Crippen LogP contribution in [0.1, 0.15) is 25.3 Å². The number of nitrogens with zero attached hydrogens (tertiary/aromatic N) is 2. The van der Waals surface area contributed by atoms with E-state index in [2.05, 4.69) is 122 Å². The standard InChI is InChI=1S/C30H24N2/c1-20(2)21-16-18-22(19-17-21)30-31-28-26-14-8-6-12-24(26)25-13-7-9-15-27(25)29(28)32(30)23-10-4-3-5-11-23/h3-20H,1-2H3. The van der Waals surface area contributed by atoms with Crippen molar-refractivity contribution in [3.05, 3.63) is 109 Å². The fraction of sp³-hybridized carbons (Fsp3) is 0.100. The minimum Gasteiger partial charge on any atom is -0.292 e. The van der Waals surface area contributed by atoms with Gasteiger partial charge in [0.15, 0.2) is 0 Å². The van der Waals surface area contributed by atoms with Crippen molar-refractivity contribution in [3.8, 4) is 17.1 Å². The zero-order chi connectivity index (χ0) is 21.7. The number of fused-ring (bicyclic) bond motifs is 6. The first-order valence-electron chi connectivity index (χ1n) is 11.2. The normalized spacial score (nSPS) is 11.7. The number of para-hydroxylation sites is 1. The summed E-state index contributed by atoms with van der Waals surface area (Å²) in [6, 6.07) is 36.7. The van der Waals surface area contributed by atoms with Crippen LogP contribution in [0.5, 0.6) is 0 Å². The van der Waals surface area contributed by atoms with Crippen molar-refractivity contribution in [2.75, 3.05) is 0 Å². The highest BCUT2D eigenvalue weighted by Gasteiger charge is 2.19. The van der Waals surface area contributed by atoms with Crippen LogP contribution in [0.4, 0.5) is 0 Å². The van der Waals surface area contributed by atoms with E-state index in [-0.39, 0.29) is 0 Å². The van der Waals surface area contributed by atoms with Gasteiger partial charge in [-0.25, -0.2) is 4.98 Å². The quantitative estimate of drug-likeness (QED) is 0.268. The van der Waals surface area contributed by atoms with Gasteiger partial charge in [0.25, 0.3) is 0 Å². The summed E-state index contributed by atoms with van der Waals surface area (Å²) in [7, 11) is 0. The molecule has 0 aliphatic heterocycles. The molecule has 0 N–H and O–H groups in total. The van der Waals surface area contributed by atoms with Crippen LogP contribution in [0.25, 0.3) is 49.7 Å². The van der Waals surface area contributed by atoms with Gasteiger partial charge < -0.3 is 0 Å². The van der Waals surface area contributed by atoms with Crippen LogP contribution < -0.4 is 0 Å². The molecular formula is C30H24N2. The lowest BCUT2D eigenvalue weighted by Crippen LogP contribution is -1.98. The maximum Gasteiger partial charge on any atom is 0.145 e. The van der Waals surface area contributed by atoms with Gasteiger partial charge in [-0.2, -0.15) is 0 Å². The molecule has 0 bridgehead atoms. The Morgan fingerprint density at radius 1 is 0.594 bits per heavy atom. The molecule has 0 atom stereocenters. The summed E-state index contributed by atoms with van der Waals surface area (Å²) in [6.45, 7) is 4.46. The minimum absolute atomic E-state index is 0.505. The molecule has 0 unspecified atom stereocenters. The molecule has 0 spiro atoms. The highest BCUT2D eigenvalue weighted by Crippen LogP contribution is 2.39. The van der Waals surface area contributed by atoms with Crippen molar-refractivity contribution >= 4 is 32.6 Å². The van der Waals surface area contributed by atoms with Crippen molar-refractivity contribution < 1.29 is 0 Å². The summed E-state index contributed by atoms with van der Waals surface area (Å²) >= 11 is 0. The molecule has 0 saturated heterocycles. The first-order valence-corrected chi connectivity index (χ1v) is 11.2. The Kier molecular flexibility index (Phi) is 4.32. The minimum atomic E-state index is 0.505. The number of benzene rings is 5. The first kappa shape index (κ1) is 18.8. The van der Waals surface area contributed by atoms with Crippen molar-refractivity contribution in [1.29, 1.82) is 0 Å². The Hall–Kier alpha value is -3.91. The fourth-order valence-corrected chi connectivity index (χ4v) is 4.74. The van der Waals surface area contributed by atoms with Gasteiger partial charge in [-0.3, -0.25) is 4.57 Å². The largest absolute Gasteiger partial charge is 0.292 e. The van der Waals surface area contributed by atoms with Gasteiger partial charge in [0, 0.05) is 22.0 Å². The number of imidazole rings is 1. The second kappa shape index (κ2) is 7.35. The molecule has 0 aliphatic carbocycles. The molecule has 5 aromatic carbocycles. The van der Waals surface area contributed by atoms with Crippen molar-refractivity contribution in [2.24, 2.45) is 0 Å². The van der Waals surface area contributed by atoms with Crippen LogP contribution in [0, 0.1) is 0 Å².